The molecule has 0 saturated carbocycles. The maximum atomic E-state index is 11.8. The zero-order valence-corrected chi connectivity index (χ0v) is 9.59. The van der Waals surface area contributed by atoms with E-state index in [1.54, 1.807) is 6.33 Å². The number of hydrogen-bond donors (Lipinski definition) is 0. The van der Waals surface area contributed by atoms with E-state index in [1.807, 2.05) is 22.7 Å². The van der Waals surface area contributed by atoms with Crippen LogP contribution in [0.3, 0.4) is 0 Å². The Bertz CT molecular complexity index is 397. The molecule has 1 aromatic rings. The summed E-state index contributed by atoms with van der Waals surface area (Å²) in [6.45, 7) is 4.38. The molecular formula is C12H17N3O. The quantitative estimate of drug-likeness (QED) is 0.709. The van der Waals surface area contributed by atoms with E-state index in [1.165, 1.54) is 6.08 Å². The Balaban J connectivity index is 2.26. The van der Waals surface area contributed by atoms with Crippen LogP contribution in [0.25, 0.3) is 0 Å². The van der Waals surface area contributed by atoms with E-state index in [0.717, 1.165) is 31.5 Å². The molecule has 0 radical (unpaired) electrons. The molecule has 1 aliphatic heterocycles. The minimum atomic E-state index is 0.0194. The lowest BCUT2D eigenvalue weighted by Crippen LogP contribution is -2.38. The van der Waals surface area contributed by atoms with E-state index in [2.05, 4.69) is 11.6 Å². The lowest BCUT2D eigenvalue weighted by atomic mass is 9.99. The van der Waals surface area contributed by atoms with Crippen molar-refractivity contribution >= 4 is 5.91 Å². The fraction of sp³-hybridized carbons (Fsp3) is 0.500. The lowest BCUT2D eigenvalue weighted by molar-refractivity contribution is -0.129. The van der Waals surface area contributed by atoms with E-state index in [0.29, 0.717) is 0 Å². The first-order chi connectivity index (χ1) is 7.74. The molecule has 2 rings (SSSR count). The van der Waals surface area contributed by atoms with E-state index < -0.39 is 0 Å². The highest BCUT2D eigenvalue weighted by atomic mass is 16.2. The second-order valence-corrected chi connectivity index (χ2v) is 4.18. The van der Waals surface area contributed by atoms with Crippen LogP contribution >= 0.6 is 0 Å². The molecule has 1 unspecified atom stereocenters. The molecule has 0 bridgehead atoms. The maximum absolute atomic E-state index is 11.8. The second kappa shape index (κ2) is 4.51. The number of nitrogens with zero attached hydrogens (tertiary/aromatic N) is 3. The first-order valence-corrected chi connectivity index (χ1v) is 5.63. The van der Waals surface area contributed by atoms with Gasteiger partial charge in [-0.3, -0.25) is 4.79 Å². The van der Waals surface area contributed by atoms with Gasteiger partial charge in [-0.15, -0.1) is 0 Å². The molecule has 0 aliphatic carbocycles. The van der Waals surface area contributed by atoms with Crippen LogP contribution < -0.4 is 0 Å². The molecule has 1 saturated heterocycles. The second-order valence-electron chi connectivity index (χ2n) is 4.18. The summed E-state index contributed by atoms with van der Waals surface area (Å²) in [5.74, 6) is 0.0194. The first-order valence-electron chi connectivity index (χ1n) is 5.63. The highest BCUT2D eigenvalue weighted by Crippen LogP contribution is 2.30. The predicted molar refractivity (Wildman–Crippen MR) is 61.7 cm³/mol. The molecule has 0 spiro atoms. The van der Waals surface area contributed by atoms with Gasteiger partial charge in [-0.25, -0.2) is 4.98 Å². The number of aryl methyl sites for hydroxylation is 1. The van der Waals surface area contributed by atoms with Crippen LogP contribution in [-0.2, 0) is 11.8 Å². The minimum absolute atomic E-state index is 0.0194. The largest absolute Gasteiger partial charge is 0.336 e. The van der Waals surface area contributed by atoms with Crippen LogP contribution in [-0.4, -0.2) is 26.9 Å². The SMILES string of the molecule is C=CC(=O)N1CCCCC1c1cncn1C. The van der Waals surface area contributed by atoms with Crippen LogP contribution in [0.1, 0.15) is 31.0 Å². The van der Waals surface area contributed by atoms with Crippen LogP contribution in [0.4, 0.5) is 0 Å². The summed E-state index contributed by atoms with van der Waals surface area (Å²) in [5.41, 5.74) is 1.11. The topological polar surface area (TPSA) is 38.1 Å². The Morgan fingerprint density at radius 2 is 2.44 bits per heavy atom. The number of carbonyl (C=O) groups is 1. The third-order valence-electron chi connectivity index (χ3n) is 3.16. The number of rotatable bonds is 2. The molecule has 4 heteroatoms. The van der Waals surface area contributed by atoms with E-state index in [4.69, 9.17) is 0 Å². The van der Waals surface area contributed by atoms with Crippen LogP contribution in [0.15, 0.2) is 25.2 Å². The predicted octanol–water partition coefficient (Wildman–Crippen LogP) is 1.66. The minimum Gasteiger partial charge on any atom is -0.336 e. The number of piperidine rings is 1. The van der Waals surface area contributed by atoms with Crippen molar-refractivity contribution in [3.8, 4) is 0 Å². The summed E-state index contributed by atoms with van der Waals surface area (Å²) in [7, 11) is 1.97. The normalized spacial score (nSPS) is 20.8. The fourth-order valence-electron chi connectivity index (χ4n) is 2.31. The number of carbonyl (C=O) groups excluding carboxylic acids is 1. The van der Waals surface area contributed by atoms with Gasteiger partial charge in [0, 0.05) is 13.6 Å². The lowest BCUT2D eigenvalue weighted by Gasteiger charge is -2.35. The molecule has 0 N–H and O–H groups in total. The molecule has 4 nitrogen and oxygen atoms in total. The van der Waals surface area contributed by atoms with Gasteiger partial charge in [0.25, 0.3) is 0 Å². The number of imidazole rings is 1. The smallest absolute Gasteiger partial charge is 0.246 e. The van der Waals surface area contributed by atoms with E-state index >= 15 is 0 Å². The molecule has 1 aromatic heterocycles. The molecule has 0 aromatic carbocycles. The Labute approximate surface area is 95.6 Å². The standard InChI is InChI=1S/C12H17N3O/c1-3-12(16)15-7-5-4-6-10(15)11-8-13-9-14(11)2/h3,8-10H,1,4-7H2,2H3. The van der Waals surface area contributed by atoms with Crippen molar-refractivity contribution in [3.63, 3.8) is 0 Å². The summed E-state index contributed by atoms with van der Waals surface area (Å²) >= 11 is 0. The Morgan fingerprint density at radius 1 is 1.62 bits per heavy atom. The van der Waals surface area contributed by atoms with Crippen LogP contribution in [0, 0.1) is 0 Å². The summed E-state index contributed by atoms with van der Waals surface area (Å²) in [6, 6.07) is 0.159. The summed E-state index contributed by atoms with van der Waals surface area (Å²) in [4.78, 5) is 17.8. The van der Waals surface area contributed by atoms with Gasteiger partial charge in [0.1, 0.15) is 0 Å². The molecule has 2 heterocycles. The zero-order chi connectivity index (χ0) is 11.5. The maximum Gasteiger partial charge on any atom is 0.246 e. The van der Waals surface area contributed by atoms with Gasteiger partial charge in [0.05, 0.1) is 24.3 Å². The molecule has 1 atom stereocenters. The number of likely N-dealkylation sites (tertiary alicyclic amines) is 1. The van der Waals surface area contributed by atoms with Crippen molar-refractivity contribution in [3.05, 3.63) is 30.9 Å². The third kappa shape index (κ3) is 1.87. The summed E-state index contributed by atoms with van der Waals surface area (Å²) < 4.78 is 1.99. The highest BCUT2D eigenvalue weighted by molar-refractivity contribution is 5.87. The fourth-order valence-corrected chi connectivity index (χ4v) is 2.31. The van der Waals surface area contributed by atoms with Crippen LogP contribution in [0.5, 0.6) is 0 Å². The Kier molecular flexibility index (Phi) is 3.08. The van der Waals surface area contributed by atoms with Gasteiger partial charge in [-0.2, -0.15) is 0 Å². The van der Waals surface area contributed by atoms with Gasteiger partial charge < -0.3 is 9.47 Å². The van der Waals surface area contributed by atoms with Gasteiger partial charge >= 0.3 is 0 Å². The van der Waals surface area contributed by atoms with Gasteiger partial charge in [-0.05, 0) is 25.3 Å². The van der Waals surface area contributed by atoms with Gasteiger partial charge in [-0.1, -0.05) is 6.58 Å². The third-order valence-corrected chi connectivity index (χ3v) is 3.16. The molecular weight excluding hydrogens is 202 g/mol. The van der Waals surface area contributed by atoms with Gasteiger partial charge in [0.15, 0.2) is 0 Å². The molecule has 1 aliphatic rings. The molecule has 1 amide bonds. The van der Waals surface area contributed by atoms with Gasteiger partial charge in [0.2, 0.25) is 5.91 Å². The first kappa shape index (κ1) is 10.9. The van der Waals surface area contributed by atoms with Crippen LogP contribution in [0.2, 0.25) is 0 Å². The average Bonchev–Trinajstić information content (AvgIpc) is 2.74. The van der Waals surface area contributed by atoms with E-state index in [9.17, 15) is 4.79 Å². The van der Waals surface area contributed by atoms with E-state index in [-0.39, 0.29) is 11.9 Å². The molecule has 16 heavy (non-hydrogen) atoms. The number of aromatic nitrogens is 2. The number of amides is 1. The Morgan fingerprint density at radius 3 is 3.06 bits per heavy atom. The summed E-state index contributed by atoms with van der Waals surface area (Å²) in [5, 5.41) is 0. The molecule has 1 fully saturated rings. The van der Waals surface area contributed by atoms with Crippen molar-refractivity contribution in [2.24, 2.45) is 7.05 Å². The van der Waals surface area contributed by atoms with Crippen molar-refractivity contribution in [2.45, 2.75) is 25.3 Å². The highest BCUT2D eigenvalue weighted by Gasteiger charge is 2.28. The molecule has 86 valence electrons. The van der Waals surface area contributed by atoms with Crippen molar-refractivity contribution in [2.75, 3.05) is 6.54 Å². The monoisotopic (exact) mass is 219 g/mol. The number of hydrogen-bond acceptors (Lipinski definition) is 2. The zero-order valence-electron chi connectivity index (χ0n) is 9.59. The van der Waals surface area contributed by atoms with Crippen molar-refractivity contribution < 1.29 is 4.79 Å². The van der Waals surface area contributed by atoms with Crippen molar-refractivity contribution in [1.29, 1.82) is 0 Å². The average molecular weight is 219 g/mol. The van der Waals surface area contributed by atoms with Crippen molar-refractivity contribution in [1.82, 2.24) is 14.5 Å². The summed E-state index contributed by atoms with van der Waals surface area (Å²) in [6.07, 6.45) is 8.28. The Hall–Kier alpha value is -1.58.